The van der Waals surface area contributed by atoms with Crippen LogP contribution in [-0.4, -0.2) is 114 Å². The fourth-order valence-corrected chi connectivity index (χ4v) is 4.54. The zero-order valence-electron chi connectivity index (χ0n) is 21.1. The zero-order valence-corrected chi connectivity index (χ0v) is 21.1. The minimum absolute atomic E-state index is 0.0107. The van der Waals surface area contributed by atoms with Crippen LogP contribution < -0.4 is 10.2 Å². The van der Waals surface area contributed by atoms with Gasteiger partial charge in [-0.05, 0) is 18.2 Å². The van der Waals surface area contributed by atoms with Crippen LogP contribution in [-0.2, 0) is 14.2 Å². The number of hydrogen-bond acceptors (Lipinski definition) is 15. The largest absolute Gasteiger partial charge is 0.507 e. The van der Waals surface area contributed by atoms with Crippen molar-refractivity contribution in [1.82, 2.24) is 0 Å². The summed E-state index contributed by atoms with van der Waals surface area (Å²) in [7, 11) is 0. The molecule has 8 atom stereocenters. The smallest absolute Gasteiger partial charge is 0.229 e. The Morgan fingerprint density at radius 3 is 2.34 bits per heavy atom. The minimum Gasteiger partial charge on any atom is -0.507 e. The van der Waals surface area contributed by atoms with Crippen LogP contribution >= 0.6 is 0 Å². The second-order valence-corrected chi connectivity index (χ2v) is 9.85. The molecule has 3 heterocycles. The molecular formula is C26H28O15. The maximum Gasteiger partial charge on any atom is 0.229 e. The molecule has 0 saturated carbocycles. The number of aliphatic hydroxyl groups is 6. The third kappa shape index (κ3) is 5.42. The second-order valence-electron chi connectivity index (χ2n) is 9.85. The van der Waals surface area contributed by atoms with E-state index in [1.54, 1.807) is 0 Å². The van der Waals surface area contributed by atoms with Crippen LogP contribution in [0.2, 0.25) is 0 Å². The van der Waals surface area contributed by atoms with Gasteiger partial charge in [-0.15, -0.1) is 0 Å². The number of aromatic hydroxyl groups is 3. The van der Waals surface area contributed by atoms with Crippen molar-refractivity contribution in [3.05, 3.63) is 46.6 Å². The van der Waals surface area contributed by atoms with Crippen LogP contribution in [0.4, 0.5) is 0 Å². The summed E-state index contributed by atoms with van der Waals surface area (Å²) >= 11 is 0. The van der Waals surface area contributed by atoms with Crippen LogP contribution in [0.3, 0.4) is 0 Å². The predicted octanol–water partition coefficient (Wildman–Crippen LogP) is -1.78. The number of benzene rings is 2. The standard InChI is InChI=1S/C26H28O15/c27-8-26(36)9-38-25(23(26)35)37-7-18-20(32)21(33)22(34)24(41-18)39-11-4-14(30)19-15(31)6-16(40-17(19)5-11)10-1-2-12(28)13(29)3-10/h1-6,18,20-25,27-30,32-36H,7-9H2. The average molecular weight is 580 g/mol. The van der Waals surface area contributed by atoms with Crippen molar-refractivity contribution in [2.45, 2.75) is 48.7 Å². The molecule has 222 valence electrons. The van der Waals surface area contributed by atoms with E-state index in [0.717, 1.165) is 12.1 Å². The van der Waals surface area contributed by atoms with Crippen molar-refractivity contribution in [2.24, 2.45) is 0 Å². The maximum atomic E-state index is 12.7. The lowest BCUT2D eigenvalue weighted by Gasteiger charge is -2.40. The first-order valence-corrected chi connectivity index (χ1v) is 12.4. The fraction of sp³-hybridized carbons (Fsp3) is 0.423. The molecule has 2 saturated heterocycles. The number of hydrogen-bond donors (Lipinski definition) is 9. The molecule has 15 nitrogen and oxygen atoms in total. The van der Waals surface area contributed by atoms with Gasteiger partial charge in [-0.1, -0.05) is 0 Å². The molecule has 41 heavy (non-hydrogen) atoms. The van der Waals surface area contributed by atoms with Gasteiger partial charge in [0.15, 0.2) is 23.2 Å². The maximum absolute atomic E-state index is 12.7. The summed E-state index contributed by atoms with van der Waals surface area (Å²) in [6.45, 7) is -1.72. The molecule has 15 heteroatoms. The molecule has 1 aromatic heterocycles. The molecular weight excluding hydrogens is 552 g/mol. The van der Waals surface area contributed by atoms with Gasteiger partial charge in [0.25, 0.3) is 0 Å². The summed E-state index contributed by atoms with van der Waals surface area (Å²) in [6, 6.07) is 7.08. The van der Waals surface area contributed by atoms with Gasteiger partial charge >= 0.3 is 0 Å². The average Bonchev–Trinajstić information content (AvgIpc) is 3.23. The second kappa shape index (κ2) is 11.1. The molecule has 0 radical (unpaired) electrons. The third-order valence-corrected chi connectivity index (χ3v) is 6.97. The van der Waals surface area contributed by atoms with Gasteiger partial charge in [-0.2, -0.15) is 0 Å². The van der Waals surface area contributed by atoms with E-state index in [4.69, 9.17) is 23.4 Å². The summed E-state index contributed by atoms with van der Waals surface area (Å²) in [5.41, 5.74) is -2.49. The van der Waals surface area contributed by atoms with Gasteiger partial charge in [0, 0.05) is 23.8 Å². The Kier molecular flexibility index (Phi) is 7.82. The van der Waals surface area contributed by atoms with E-state index in [0.29, 0.717) is 0 Å². The number of ether oxygens (including phenoxy) is 4. The molecule has 2 fully saturated rings. The predicted molar refractivity (Wildman–Crippen MR) is 134 cm³/mol. The van der Waals surface area contributed by atoms with E-state index >= 15 is 0 Å². The fourth-order valence-electron chi connectivity index (χ4n) is 4.54. The molecule has 5 rings (SSSR count). The summed E-state index contributed by atoms with van der Waals surface area (Å²) in [5.74, 6) is -1.56. The number of fused-ring (bicyclic) bond motifs is 1. The molecule has 2 aromatic carbocycles. The van der Waals surface area contributed by atoms with E-state index in [2.05, 4.69) is 0 Å². The Morgan fingerprint density at radius 1 is 0.902 bits per heavy atom. The molecule has 0 spiro atoms. The molecule has 2 aliphatic heterocycles. The summed E-state index contributed by atoms with van der Waals surface area (Å²) in [5, 5.41) is 90.4. The van der Waals surface area contributed by atoms with Crippen molar-refractivity contribution in [2.75, 3.05) is 19.8 Å². The first-order chi connectivity index (χ1) is 19.4. The van der Waals surface area contributed by atoms with E-state index in [-0.39, 0.29) is 33.8 Å². The first kappa shape index (κ1) is 29.0. The van der Waals surface area contributed by atoms with Crippen LogP contribution in [0, 0.1) is 0 Å². The van der Waals surface area contributed by atoms with E-state index in [1.807, 2.05) is 0 Å². The summed E-state index contributed by atoms with van der Waals surface area (Å²) in [6.07, 6.45) is -11.2. The summed E-state index contributed by atoms with van der Waals surface area (Å²) < 4.78 is 27.4. The Hall–Kier alpha value is -3.51. The first-order valence-electron chi connectivity index (χ1n) is 12.4. The van der Waals surface area contributed by atoms with E-state index < -0.39 is 85.4 Å². The van der Waals surface area contributed by atoms with E-state index in [1.165, 1.54) is 24.3 Å². The Balaban J connectivity index is 1.36. The van der Waals surface area contributed by atoms with Crippen molar-refractivity contribution < 1.29 is 69.3 Å². The normalized spacial score (nSPS) is 31.9. The molecule has 2 aliphatic rings. The molecule has 9 N–H and O–H groups in total. The van der Waals surface area contributed by atoms with Crippen LogP contribution in [0.1, 0.15) is 0 Å². The monoisotopic (exact) mass is 580 g/mol. The van der Waals surface area contributed by atoms with Gasteiger partial charge in [0.2, 0.25) is 6.29 Å². The highest BCUT2D eigenvalue weighted by Gasteiger charge is 2.50. The van der Waals surface area contributed by atoms with Crippen molar-refractivity contribution >= 4 is 11.0 Å². The molecule has 8 unspecified atom stereocenters. The lowest BCUT2D eigenvalue weighted by molar-refractivity contribution is -0.289. The van der Waals surface area contributed by atoms with E-state index in [9.17, 15) is 50.8 Å². The van der Waals surface area contributed by atoms with Gasteiger partial charge < -0.3 is 69.3 Å². The van der Waals surface area contributed by atoms with Crippen molar-refractivity contribution in [3.8, 4) is 34.3 Å². The number of phenolic OH excluding ortho intramolecular Hbond substituents is 3. The Bertz CT molecular complexity index is 1470. The van der Waals surface area contributed by atoms with Crippen molar-refractivity contribution in [3.63, 3.8) is 0 Å². The molecule has 3 aromatic rings. The van der Waals surface area contributed by atoms with Crippen LogP contribution in [0.5, 0.6) is 23.0 Å². The molecule has 0 aliphatic carbocycles. The lowest BCUT2D eigenvalue weighted by atomic mass is 9.99. The molecule has 0 bridgehead atoms. The third-order valence-electron chi connectivity index (χ3n) is 6.97. The lowest BCUT2D eigenvalue weighted by Crippen LogP contribution is -2.60. The van der Waals surface area contributed by atoms with Gasteiger partial charge in [-0.3, -0.25) is 4.79 Å². The van der Waals surface area contributed by atoms with Crippen LogP contribution in [0.15, 0.2) is 45.6 Å². The highest BCUT2D eigenvalue weighted by Crippen LogP contribution is 2.35. The van der Waals surface area contributed by atoms with Crippen molar-refractivity contribution in [1.29, 1.82) is 0 Å². The quantitative estimate of drug-likeness (QED) is 0.140. The van der Waals surface area contributed by atoms with Gasteiger partial charge in [0.1, 0.15) is 64.3 Å². The zero-order chi connectivity index (χ0) is 29.6. The minimum atomic E-state index is -1.95. The SMILES string of the molecule is O=c1cc(-c2ccc(O)c(O)c2)oc2cc(OC3OC(COC4OCC(O)(CO)C4O)C(O)C(O)C3O)cc(O)c12. The summed E-state index contributed by atoms with van der Waals surface area (Å²) in [4.78, 5) is 12.7. The molecule has 0 amide bonds. The highest BCUT2D eigenvalue weighted by molar-refractivity contribution is 5.86. The van der Waals surface area contributed by atoms with Gasteiger partial charge in [-0.25, -0.2) is 0 Å². The topological polar surface area (TPSA) is 249 Å². The van der Waals surface area contributed by atoms with Crippen LogP contribution in [0.25, 0.3) is 22.3 Å². The van der Waals surface area contributed by atoms with Gasteiger partial charge in [0.05, 0.1) is 19.8 Å². The number of rotatable bonds is 7. The number of aliphatic hydroxyl groups excluding tert-OH is 5. The number of phenols is 3. The highest BCUT2D eigenvalue weighted by atomic mass is 16.7. The Labute approximate surface area is 230 Å². The Morgan fingerprint density at radius 2 is 1.66 bits per heavy atom.